The highest BCUT2D eigenvalue weighted by Gasteiger charge is 2.33. The minimum absolute atomic E-state index is 0.0707. The van der Waals surface area contributed by atoms with Gasteiger partial charge in [-0.05, 0) is 67.2 Å². The number of hydrogen-bond donors (Lipinski definition) is 1. The second-order valence-electron chi connectivity index (χ2n) is 6.49. The molecule has 3 rings (SSSR count). The summed E-state index contributed by atoms with van der Waals surface area (Å²) in [5.41, 5.74) is 3.36. The minimum atomic E-state index is -2.96. The fourth-order valence-corrected chi connectivity index (χ4v) is 5.74. The summed E-state index contributed by atoms with van der Waals surface area (Å²) in [6, 6.07) is 10.1. The summed E-state index contributed by atoms with van der Waals surface area (Å²) < 4.78 is 23.8. The molecule has 1 saturated heterocycles. The van der Waals surface area contributed by atoms with Gasteiger partial charge in [-0.1, -0.05) is 12.1 Å². The van der Waals surface area contributed by atoms with Crippen molar-refractivity contribution in [2.45, 2.75) is 32.9 Å². The van der Waals surface area contributed by atoms with Gasteiger partial charge in [0.2, 0.25) is 0 Å². The third-order valence-corrected chi connectivity index (χ3v) is 7.52. The lowest BCUT2D eigenvalue weighted by Crippen LogP contribution is -2.42. The number of benzene rings is 1. The Morgan fingerprint density at radius 3 is 2.72 bits per heavy atom. The maximum atomic E-state index is 11.9. The topological polar surface area (TPSA) is 49.4 Å². The zero-order valence-electron chi connectivity index (χ0n) is 14.4. The van der Waals surface area contributed by atoms with Crippen LogP contribution in [0.3, 0.4) is 0 Å². The number of sulfone groups is 1. The van der Waals surface area contributed by atoms with Crippen LogP contribution in [0.5, 0.6) is 0 Å². The largest absolute Gasteiger partial charge is 0.340 e. The zero-order chi connectivity index (χ0) is 18.0. The first-order chi connectivity index (χ1) is 11.8. The minimum Gasteiger partial charge on any atom is -0.340 e. The third kappa shape index (κ3) is 4.59. The standard InChI is InChI=1S/C18H22N2O2S3/c1-13-5-6-15(10-14(13)2)19-18(23)20(11-17-4-3-8-24-17)16-7-9-25(21,22)12-16/h3-6,8,10,16H,7,9,11-12H2,1-2H3,(H,19,23)/t16-/m1/s1. The molecular formula is C18H22N2O2S3. The van der Waals surface area contributed by atoms with Crippen LogP contribution in [0.1, 0.15) is 22.4 Å². The maximum absolute atomic E-state index is 11.9. The van der Waals surface area contributed by atoms with Gasteiger partial charge in [-0.3, -0.25) is 0 Å². The van der Waals surface area contributed by atoms with Crippen LogP contribution in [-0.4, -0.2) is 36.0 Å². The summed E-state index contributed by atoms with van der Waals surface area (Å²) in [7, 11) is -2.96. The van der Waals surface area contributed by atoms with Crippen molar-refractivity contribution in [3.63, 3.8) is 0 Å². The van der Waals surface area contributed by atoms with Gasteiger partial charge in [-0.2, -0.15) is 0 Å². The van der Waals surface area contributed by atoms with Crippen LogP contribution in [0.2, 0.25) is 0 Å². The number of aryl methyl sites for hydroxylation is 2. The van der Waals surface area contributed by atoms with Crippen molar-refractivity contribution in [2.75, 3.05) is 16.8 Å². The van der Waals surface area contributed by atoms with Gasteiger partial charge in [0.15, 0.2) is 14.9 Å². The summed E-state index contributed by atoms with van der Waals surface area (Å²) in [5, 5.41) is 5.90. The molecule has 25 heavy (non-hydrogen) atoms. The van der Waals surface area contributed by atoms with E-state index < -0.39 is 9.84 Å². The number of thiocarbonyl (C=S) groups is 1. The molecule has 1 atom stereocenters. The molecule has 134 valence electrons. The molecule has 0 radical (unpaired) electrons. The van der Waals surface area contributed by atoms with E-state index in [9.17, 15) is 8.42 Å². The Bertz CT molecular complexity index is 860. The monoisotopic (exact) mass is 394 g/mol. The van der Waals surface area contributed by atoms with E-state index in [0.717, 1.165) is 5.69 Å². The lowest BCUT2D eigenvalue weighted by atomic mass is 10.1. The molecule has 1 aliphatic rings. The molecule has 2 aromatic rings. The van der Waals surface area contributed by atoms with Gasteiger partial charge in [-0.15, -0.1) is 11.3 Å². The van der Waals surface area contributed by atoms with Gasteiger partial charge in [0.1, 0.15) is 0 Å². The first kappa shape index (κ1) is 18.4. The van der Waals surface area contributed by atoms with Crippen molar-refractivity contribution in [3.05, 3.63) is 51.7 Å². The third-order valence-electron chi connectivity index (χ3n) is 4.57. The molecule has 0 spiro atoms. The number of nitrogens with one attached hydrogen (secondary N) is 1. The molecule has 1 aromatic carbocycles. The molecule has 1 aromatic heterocycles. The van der Waals surface area contributed by atoms with E-state index in [2.05, 4.69) is 37.4 Å². The lowest BCUT2D eigenvalue weighted by molar-refractivity contribution is 0.335. The highest BCUT2D eigenvalue weighted by molar-refractivity contribution is 7.91. The van der Waals surface area contributed by atoms with Crippen molar-refractivity contribution in [2.24, 2.45) is 0 Å². The van der Waals surface area contributed by atoms with Gasteiger partial charge >= 0.3 is 0 Å². The predicted molar refractivity (Wildman–Crippen MR) is 109 cm³/mol. The van der Waals surface area contributed by atoms with Gasteiger partial charge in [0.25, 0.3) is 0 Å². The molecule has 1 N–H and O–H groups in total. The highest BCUT2D eigenvalue weighted by atomic mass is 32.2. The molecule has 2 heterocycles. The second-order valence-corrected chi connectivity index (χ2v) is 10.1. The molecule has 0 aliphatic carbocycles. The fourth-order valence-electron chi connectivity index (χ4n) is 2.97. The Kier molecular flexibility index (Phi) is 5.46. The Labute approximate surface area is 158 Å². The van der Waals surface area contributed by atoms with Crippen molar-refractivity contribution in [3.8, 4) is 0 Å². The quantitative estimate of drug-likeness (QED) is 0.801. The average Bonchev–Trinajstić information content (AvgIpc) is 3.17. The van der Waals surface area contributed by atoms with E-state index in [1.165, 1.54) is 16.0 Å². The summed E-state index contributed by atoms with van der Waals surface area (Å²) in [6.07, 6.45) is 0.627. The predicted octanol–water partition coefficient (Wildman–Crippen LogP) is 3.75. The van der Waals surface area contributed by atoms with Crippen LogP contribution >= 0.6 is 23.6 Å². The van der Waals surface area contributed by atoms with Crippen molar-refractivity contribution in [1.82, 2.24) is 4.90 Å². The van der Waals surface area contributed by atoms with Crippen molar-refractivity contribution < 1.29 is 8.42 Å². The van der Waals surface area contributed by atoms with E-state index >= 15 is 0 Å². The Morgan fingerprint density at radius 2 is 2.12 bits per heavy atom. The van der Waals surface area contributed by atoms with Gasteiger partial charge < -0.3 is 10.2 Å². The fraction of sp³-hybridized carbons (Fsp3) is 0.389. The smallest absolute Gasteiger partial charge is 0.174 e. The number of anilines is 1. The van der Waals surface area contributed by atoms with Crippen LogP contribution in [0.4, 0.5) is 5.69 Å². The summed E-state index contributed by atoms with van der Waals surface area (Å²) in [5.74, 6) is 0.415. The van der Waals surface area contributed by atoms with E-state index in [1.54, 1.807) is 11.3 Å². The first-order valence-electron chi connectivity index (χ1n) is 8.22. The molecule has 4 nitrogen and oxygen atoms in total. The van der Waals surface area contributed by atoms with Crippen LogP contribution in [0.15, 0.2) is 35.7 Å². The van der Waals surface area contributed by atoms with E-state index in [4.69, 9.17) is 12.2 Å². The van der Waals surface area contributed by atoms with Crippen LogP contribution < -0.4 is 5.32 Å². The molecule has 0 bridgehead atoms. The SMILES string of the molecule is Cc1ccc(NC(=S)N(Cc2cccs2)[C@@H]2CCS(=O)(=O)C2)cc1C. The Hall–Kier alpha value is -1.44. The lowest BCUT2D eigenvalue weighted by Gasteiger charge is -2.30. The van der Waals surface area contributed by atoms with Crippen LogP contribution in [0, 0.1) is 13.8 Å². The molecule has 1 fully saturated rings. The number of nitrogens with zero attached hydrogens (tertiary/aromatic N) is 1. The van der Waals surface area contributed by atoms with Crippen molar-refractivity contribution in [1.29, 1.82) is 0 Å². The average molecular weight is 395 g/mol. The Balaban J connectivity index is 1.80. The van der Waals surface area contributed by atoms with Crippen LogP contribution in [0.25, 0.3) is 0 Å². The summed E-state index contributed by atoms with van der Waals surface area (Å²) >= 11 is 7.30. The maximum Gasteiger partial charge on any atom is 0.174 e. The Morgan fingerprint density at radius 1 is 1.32 bits per heavy atom. The number of rotatable bonds is 4. The van der Waals surface area contributed by atoms with E-state index in [0.29, 0.717) is 18.1 Å². The zero-order valence-corrected chi connectivity index (χ0v) is 16.8. The summed E-state index contributed by atoms with van der Waals surface area (Å²) in [4.78, 5) is 3.20. The molecule has 7 heteroatoms. The number of thiophene rings is 1. The molecule has 0 saturated carbocycles. The van der Waals surface area contributed by atoms with Crippen LogP contribution in [-0.2, 0) is 16.4 Å². The number of hydrogen-bond acceptors (Lipinski definition) is 4. The van der Waals surface area contributed by atoms with Crippen molar-refractivity contribution >= 4 is 44.2 Å². The molecular weight excluding hydrogens is 372 g/mol. The first-order valence-corrected chi connectivity index (χ1v) is 11.3. The molecule has 1 aliphatic heterocycles. The highest BCUT2D eigenvalue weighted by Crippen LogP contribution is 2.23. The van der Waals surface area contributed by atoms with Gasteiger partial charge in [0, 0.05) is 16.6 Å². The van der Waals surface area contributed by atoms with E-state index in [1.807, 2.05) is 22.4 Å². The van der Waals surface area contributed by atoms with Gasteiger partial charge in [-0.25, -0.2) is 8.42 Å². The van der Waals surface area contributed by atoms with E-state index in [-0.39, 0.29) is 17.5 Å². The van der Waals surface area contributed by atoms with Gasteiger partial charge in [0.05, 0.1) is 18.1 Å². The second kappa shape index (κ2) is 7.43. The normalized spacial score (nSPS) is 18.9. The summed E-state index contributed by atoms with van der Waals surface area (Å²) in [6.45, 7) is 4.77. The molecule has 0 amide bonds. The molecule has 0 unspecified atom stereocenters.